The second-order valence-electron chi connectivity index (χ2n) is 5.07. The number of carbonyl (C=O) groups is 1. The van der Waals surface area contributed by atoms with E-state index >= 15 is 0 Å². The number of nitrogens with zero attached hydrogens (tertiary/aromatic N) is 1. The van der Waals surface area contributed by atoms with Crippen molar-refractivity contribution in [1.82, 2.24) is 5.43 Å². The van der Waals surface area contributed by atoms with Gasteiger partial charge in [0.05, 0.1) is 18.7 Å². The number of hydrogen-bond donors (Lipinski definition) is 2. The summed E-state index contributed by atoms with van der Waals surface area (Å²) >= 11 is 3.52. The maximum Gasteiger partial charge on any atom is 0.283 e. The molecule has 0 aromatic heterocycles. The Bertz CT molecular complexity index is 708. The van der Waals surface area contributed by atoms with Crippen molar-refractivity contribution < 1.29 is 28.6 Å². The predicted molar refractivity (Wildman–Crippen MR) is 86.3 cm³/mol. The molecule has 1 amide bonds. The van der Waals surface area contributed by atoms with Crippen molar-refractivity contribution in [3.63, 3.8) is 0 Å². The zero-order valence-electron chi connectivity index (χ0n) is 13.1. The van der Waals surface area contributed by atoms with Crippen molar-refractivity contribution in [2.75, 3.05) is 21.0 Å². The molecule has 1 aromatic carbocycles. The summed E-state index contributed by atoms with van der Waals surface area (Å²) in [6.07, 6.45) is 0.407. The lowest BCUT2D eigenvalue weighted by molar-refractivity contribution is -0.115. The van der Waals surface area contributed by atoms with E-state index in [1.807, 2.05) is 5.43 Å². The van der Waals surface area contributed by atoms with Gasteiger partial charge in [0.15, 0.2) is 11.5 Å². The summed E-state index contributed by atoms with van der Waals surface area (Å²) < 4.78 is 22.5. The molecule has 0 spiro atoms. The van der Waals surface area contributed by atoms with Gasteiger partial charge in [-0.3, -0.25) is 10.2 Å². The van der Waals surface area contributed by atoms with Crippen molar-refractivity contribution in [3.8, 4) is 23.0 Å². The zero-order chi connectivity index (χ0) is 17.3. The van der Waals surface area contributed by atoms with E-state index in [9.17, 15) is 4.79 Å². The molecule has 0 bridgehead atoms. The highest BCUT2D eigenvalue weighted by atomic mass is 79.9. The Morgan fingerprint density at radius 1 is 1.33 bits per heavy atom. The van der Waals surface area contributed by atoms with Gasteiger partial charge in [-0.05, 0) is 15.9 Å². The third-order valence-corrected chi connectivity index (χ3v) is 4.57. The van der Waals surface area contributed by atoms with Crippen molar-refractivity contribution in [2.45, 2.75) is 18.9 Å². The van der Waals surface area contributed by atoms with Crippen LogP contribution in [0.25, 0.3) is 0 Å². The molecule has 0 aliphatic carbocycles. The predicted octanol–water partition coefficient (Wildman–Crippen LogP) is 0.872. The van der Waals surface area contributed by atoms with Gasteiger partial charge in [0.2, 0.25) is 18.3 Å². The second-order valence-corrected chi connectivity index (χ2v) is 5.86. The second kappa shape index (κ2) is 6.73. The van der Waals surface area contributed by atoms with Crippen LogP contribution in [0.1, 0.15) is 12.0 Å². The van der Waals surface area contributed by atoms with Crippen LogP contribution in [-0.4, -0.2) is 38.7 Å². The fraction of sp³-hybridized carbons (Fsp3) is 0.429. The highest BCUT2D eigenvalue weighted by Crippen LogP contribution is 2.54. The summed E-state index contributed by atoms with van der Waals surface area (Å²) in [4.78, 5) is 16.8. The van der Waals surface area contributed by atoms with E-state index < -0.39 is 5.91 Å². The Balaban J connectivity index is 1.90. The first-order chi connectivity index (χ1) is 11.6. The number of hydrogen-bond acceptors (Lipinski definition) is 8. The van der Waals surface area contributed by atoms with Gasteiger partial charge < -0.3 is 23.8 Å². The van der Waals surface area contributed by atoms with Gasteiger partial charge in [0.25, 0.3) is 5.91 Å². The van der Waals surface area contributed by atoms with Gasteiger partial charge in [-0.15, -0.1) is 0 Å². The number of oxime groups is 1. The highest BCUT2D eigenvalue weighted by molar-refractivity contribution is 9.10. The first kappa shape index (κ1) is 16.7. The molecule has 9 nitrogen and oxygen atoms in total. The van der Waals surface area contributed by atoms with Crippen LogP contribution in [0, 0.1) is 0 Å². The number of benzene rings is 1. The van der Waals surface area contributed by atoms with E-state index in [1.165, 1.54) is 7.11 Å². The third kappa shape index (κ3) is 2.71. The van der Waals surface area contributed by atoms with E-state index in [0.29, 0.717) is 40.3 Å². The van der Waals surface area contributed by atoms with Gasteiger partial charge in [-0.1, -0.05) is 5.16 Å². The molecule has 0 fully saturated rings. The van der Waals surface area contributed by atoms with E-state index in [4.69, 9.17) is 29.6 Å². The number of carbonyl (C=O) groups excluding carboxylic acids is 1. The molecule has 3 rings (SSSR count). The van der Waals surface area contributed by atoms with Crippen molar-refractivity contribution >= 4 is 27.5 Å². The summed E-state index contributed by atoms with van der Waals surface area (Å²) in [5.41, 5.74) is 3.05. The Hall–Kier alpha value is -2.20. The minimum Gasteiger partial charge on any atom is -0.492 e. The number of fused-ring (bicyclic) bond motifs is 1. The SMILES string of the molecule is COc1c(Br)c(C[C@H]2CC(C(=O)NN)=NO2)c(OC)c2c1OCO2. The molecular formula is C14H16BrN3O6. The van der Waals surface area contributed by atoms with E-state index in [0.717, 1.165) is 5.56 Å². The van der Waals surface area contributed by atoms with Crippen LogP contribution < -0.4 is 30.2 Å². The molecule has 130 valence electrons. The fourth-order valence-electron chi connectivity index (χ4n) is 2.65. The minimum absolute atomic E-state index is 0.0851. The number of rotatable bonds is 5. The average Bonchev–Trinajstić information content (AvgIpc) is 3.24. The standard InChI is InChI=1S/C14H16BrN3O6/c1-20-10-7(3-6-4-8(18-24-6)14(19)17-16)9(15)11(21-2)13-12(10)22-5-23-13/h6H,3-5,16H2,1-2H3,(H,17,19)/t6-/m0/s1. The van der Waals surface area contributed by atoms with Crippen molar-refractivity contribution in [1.29, 1.82) is 0 Å². The van der Waals surface area contributed by atoms with Crippen LogP contribution in [0.5, 0.6) is 23.0 Å². The molecule has 0 radical (unpaired) electrons. The number of methoxy groups -OCH3 is 2. The summed E-state index contributed by atoms with van der Waals surface area (Å²) in [5, 5.41) is 3.77. The lowest BCUT2D eigenvalue weighted by Crippen LogP contribution is -2.36. The molecule has 2 heterocycles. The van der Waals surface area contributed by atoms with Gasteiger partial charge >= 0.3 is 0 Å². The third-order valence-electron chi connectivity index (χ3n) is 3.73. The first-order valence-corrected chi connectivity index (χ1v) is 7.85. The molecule has 10 heteroatoms. The Labute approximate surface area is 146 Å². The van der Waals surface area contributed by atoms with Gasteiger partial charge in [-0.2, -0.15) is 0 Å². The topological polar surface area (TPSA) is 114 Å². The molecule has 0 saturated carbocycles. The Morgan fingerprint density at radius 3 is 2.62 bits per heavy atom. The molecule has 0 saturated heterocycles. The van der Waals surface area contributed by atoms with E-state index in [2.05, 4.69) is 21.1 Å². The molecule has 0 unspecified atom stereocenters. The van der Waals surface area contributed by atoms with Crippen LogP contribution in [0.4, 0.5) is 0 Å². The van der Waals surface area contributed by atoms with Crippen LogP contribution in [0.15, 0.2) is 9.63 Å². The smallest absolute Gasteiger partial charge is 0.283 e. The minimum atomic E-state index is -0.466. The molecule has 2 aliphatic heterocycles. The van der Waals surface area contributed by atoms with Gasteiger partial charge in [0.1, 0.15) is 11.8 Å². The Morgan fingerprint density at radius 2 is 2.00 bits per heavy atom. The quantitative estimate of drug-likeness (QED) is 0.427. The van der Waals surface area contributed by atoms with Gasteiger partial charge in [-0.25, -0.2) is 5.84 Å². The molecule has 24 heavy (non-hydrogen) atoms. The summed E-state index contributed by atoms with van der Waals surface area (Å²) in [6.45, 7) is 0.0851. The fourth-order valence-corrected chi connectivity index (χ4v) is 3.34. The van der Waals surface area contributed by atoms with Crippen LogP contribution in [-0.2, 0) is 16.1 Å². The lowest BCUT2D eigenvalue weighted by atomic mass is 10.0. The summed E-state index contributed by atoms with van der Waals surface area (Å²) in [5.74, 6) is 6.64. The molecular weight excluding hydrogens is 386 g/mol. The van der Waals surface area contributed by atoms with Crippen LogP contribution in [0.2, 0.25) is 0 Å². The molecule has 3 N–H and O–H groups in total. The summed E-state index contributed by atoms with van der Waals surface area (Å²) in [6, 6.07) is 0. The van der Waals surface area contributed by atoms with Crippen molar-refractivity contribution in [3.05, 3.63) is 10.0 Å². The number of nitrogens with two attached hydrogens (primary N) is 1. The molecule has 2 aliphatic rings. The number of halogens is 1. The normalized spacial score (nSPS) is 18.0. The highest BCUT2D eigenvalue weighted by Gasteiger charge is 2.34. The van der Waals surface area contributed by atoms with E-state index in [-0.39, 0.29) is 18.6 Å². The largest absolute Gasteiger partial charge is 0.492 e. The van der Waals surface area contributed by atoms with Gasteiger partial charge in [0, 0.05) is 18.4 Å². The number of hydrazine groups is 1. The first-order valence-electron chi connectivity index (χ1n) is 7.06. The molecule has 1 aromatic rings. The maximum absolute atomic E-state index is 11.5. The number of nitrogens with one attached hydrogen (secondary N) is 1. The maximum atomic E-state index is 11.5. The average molecular weight is 402 g/mol. The van der Waals surface area contributed by atoms with E-state index in [1.54, 1.807) is 7.11 Å². The lowest BCUT2D eigenvalue weighted by Gasteiger charge is -2.18. The Kier molecular flexibility index (Phi) is 4.67. The number of ether oxygens (including phenoxy) is 4. The van der Waals surface area contributed by atoms with Crippen LogP contribution >= 0.6 is 15.9 Å². The molecule has 1 atom stereocenters. The monoisotopic (exact) mass is 401 g/mol. The summed E-state index contributed by atoms with van der Waals surface area (Å²) in [7, 11) is 3.08. The number of amides is 1. The zero-order valence-corrected chi connectivity index (χ0v) is 14.6. The van der Waals surface area contributed by atoms with Crippen LogP contribution in [0.3, 0.4) is 0 Å². The van der Waals surface area contributed by atoms with Crippen molar-refractivity contribution in [2.24, 2.45) is 11.0 Å².